The maximum absolute atomic E-state index is 12.0. The summed E-state index contributed by atoms with van der Waals surface area (Å²) in [5.74, 6) is 1.57. The molecule has 11 N–H and O–H groups in total. The van der Waals surface area contributed by atoms with Crippen molar-refractivity contribution < 1.29 is 52.4 Å². The Morgan fingerprint density at radius 1 is 0.656 bits per heavy atom. The first kappa shape index (κ1) is 65.1. The lowest BCUT2D eigenvalue weighted by atomic mass is 10.2. The van der Waals surface area contributed by atoms with E-state index in [9.17, 15) is 24.0 Å². The number of alkyl carbamates (subject to hydrolysis) is 2. The minimum atomic E-state index is -0.491. The molecule has 1 fully saturated rings. The predicted molar refractivity (Wildman–Crippen MR) is 246 cm³/mol. The Kier molecular flexibility index (Phi) is 45.7. The molecule has 1 saturated heterocycles. The van der Waals surface area contributed by atoms with Crippen molar-refractivity contribution in [2.24, 2.45) is 22.9 Å². The number of rotatable bonds is 29. The highest BCUT2D eigenvalue weighted by Gasteiger charge is 2.18. The van der Waals surface area contributed by atoms with Crippen molar-refractivity contribution in [2.75, 3.05) is 130 Å². The van der Waals surface area contributed by atoms with Crippen molar-refractivity contribution >= 4 is 51.9 Å². The van der Waals surface area contributed by atoms with Crippen LogP contribution in [0.1, 0.15) is 75.7 Å². The lowest BCUT2D eigenvalue weighted by Crippen LogP contribution is -2.39. The molecule has 22 heteroatoms. The molecule has 0 radical (unpaired) electrons. The molecule has 0 aromatic rings. The number of hydrogen-bond acceptors (Lipinski definition) is 18. The summed E-state index contributed by atoms with van der Waals surface area (Å²) in [6.45, 7) is 20.1. The first-order chi connectivity index (χ1) is 28.0. The third-order valence-electron chi connectivity index (χ3n) is 6.82. The highest BCUT2D eigenvalue weighted by molar-refractivity contribution is 8.76. The molecule has 1 aliphatic heterocycles. The van der Waals surface area contributed by atoms with E-state index in [0.717, 1.165) is 6.29 Å². The summed E-state index contributed by atoms with van der Waals surface area (Å²) >= 11 is 0. The Morgan fingerprint density at radius 3 is 1.41 bits per heavy atom. The molecule has 1 rings (SSSR count). The minimum Gasteiger partial charge on any atom is -0.444 e. The Bertz CT molecular complexity index is 1010. The molecule has 4 amide bonds. The van der Waals surface area contributed by atoms with E-state index < -0.39 is 23.4 Å². The number of carbonyl (C=O) groups excluding carboxylic acids is 5. The van der Waals surface area contributed by atoms with E-state index in [2.05, 4.69) is 16.0 Å². The van der Waals surface area contributed by atoms with E-state index in [1.165, 1.54) is 0 Å². The van der Waals surface area contributed by atoms with Crippen LogP contribution in [0.25, 0.3) is 0 Å². The zero-order chi connectivity index (χ0) is 44.8. The molecule has 61 heavy (non-hydrogen) atoms. The predicted octanol–water partition coefficient (Wildman–Crippen LogP) is 1.52. The summed E-state index contributed by atoms with van der Waals surface area (Å²) in [5, 5.41) is 8.35. The van der Waals surface area contributed by atoms with Crippen LogP contribution in [0, 0.1) is 0 Å². The highest BCUT2D eigenvalue weighted by atomic mass is 33.1. The lowest BCUT2D eigenvalue weighted by Gasteiger charge is -2.21. The Morgan fingerprint density at radius 2 is 1.05 bits per heavy atom. The van der Waals surface area contributed by atoms with Crippen molar-refractivity contribution in [2.45, 2.75) is 93.2 Å². The van der Waals surface area contributed by atoms with Crippen LogP contribution in [-0.4, -0.2) is 187 Å². The number of ether oxygens (including phenoxy) is 6. The standard InChI is InChI=1S/C14H32N6O2S2.C14H29N3O4.C9H16O5.2CH4/c15-3-7-19(8-4-16)13(21)1-11-23-24-12-2-14(22)20(9-5-17)10-6-18;1-13(2,3)20-11(18)16-9-7-15-8-10-17-12(19)21-14(4,5)6;10-2-1-3-11-4-5-12-8-9-13-6-7-14-9;;/h1-12,15-18H2;15H,7-10H2,1-6H3,(H,16,18)(H,17,19);2,9H,1,3-8H2;2*1H4. The molecular formula is C39H85N9O11S2. The molecule has 0 unspecified atom stereocenters. The first-order valence-electron chi connectivity index (χ1n) is 20.1. The zero-order valence-corrected chi connectivity index (χ0v) is 38.1. The molecule has 0 bridgehead atoms. The van der Waals surface area contributed by atoms with Gasteiger partial charge in [-0.05, 0) is 41.5 Å². The third-order valence-corrected chi connectivity index (χ3v) is 9.23. The molecule has 0 aromatic carbocycles. The summed E-state index contributed by atoms with van der Waals surface area (Å²) in [6.07, 6.45) is 1.10. The van der Waals surface area contributed by atoms with Crippen LogP contribution < -0.4 is 38.9 Å². The monoisotopic (exact) mass is 920 g/mol. The maximum atomic E-state index is 12.0. The van der Waals surface area contributed by atoms with E-state index in [-0.39, 0.29) is 33.0 Å². The fourth-order valence-corrected chi connectivity index (χ4v) is 6.29. The number of nitrogens with one attached hydrogen (secondary N) is 3. The highest BCUT2D eigenvalue weighted by Crippen LogP contribution is 2.23. The van der Waals surface area contributed by atoms with Crippen LogP contribution in [0.4, 0.5) is 9.59 Å². The van der Waals surface area contributed by atoms with Gasteiger partial charge in [0.05, 0.1) is 39.6 Å². The Hall–Kier alpha value is -2.51. The van der Waals surface area contributed by atoms with Crippen molar-refractivity contribution in [3.63, 3.8) is 0 Å². The van der Waals surface area contributed by atoms with Crippen LogP contribution >= 0.6 is 21.6 Å². The van der Waals surface area contributed by atoms with Gasteiger partial charge in [-0.25, -0.2) is 9.59 Å². The zero-order valence-electron chi connectivity index (χ0n) is 36.4. The average molecular weight is 920 g/mol. The topological polar surface area (TPSA) is 287 Å². The molecule has 0 aromatic heterocycles. The van der Waals surface area contributed by atoms with Crippen molar-refractivity contribution in [3.8, 4) is 0 Å². The normalized spacial score (nSPS) is 12.2. The number of carbonyl (C=O) groups is 5. The van der Waals surface area contributed by atoms with Gasteiger partial charge in [0.2, 0.25) is 11.8 Å². The molecule has 0 spiro atoms. The molecule has 0 atom stereocenters. The van der Waals surface area contributed by atoms with Gasteiger partial charge in [0.15, 0.2) is 6.29 Å². The van der Waals surface area contributed by atoms with E-state index >= 15 is 0 Å². The van der Waals surface area contributed by atoms with Crippen molar-refractivity contribution in [1.82, 2.24) is 25.8 Å². The van der Waals surface area contributed by atoms with Crippen LogP contribution in [0.3, 0.4) is 0 Å². The van der Waals surface area contributed by atoms with Gasteiger partial charge in [0.1, 0.15) is 17.5 Å². The average Bonchev–Trinajstić information content (AvgIpc) is 3.68. The second-order valence-electron chi connectivity index (χ2n) is 14.5. The van der Waals surface area contributed by atoms with Gasteiger partial charge in [0.25, 0.3) is 0 Å². The summed E-state index contributed by atoms with van der Waals surface area (Å²) in [7, 11) is 3.20. The molecule has 0 aliphatic carbocycles. The second kappa shape index (κ2) is 42.8. The van der Waals surface area contributed by atoms with Gasteiger partial charge < -0.3 is 81.9 Å². The summed E-state index contributed by atoms with van der Waals surface area (Å²) < 4.78 is 30.8. The minimum absolute atomic E-state index is 0. The number of aldehydes is 1. The fraction of sp³-hybridized carbons (Fsp3) is 0.872. The Labute approximate surface area is 374 Å². The van der Waals surface area contributed by atoms with E-state index in [0.29, 0.717) is 149 Å². The summed E-state index contributed by atoms with van der Waals surface area (Å²) in [4.78, 5) is 60.0. The smallest absolute Gasteiger partial charge is 0.407 e. The van der Waals surface area contributed by atoms with E-state index in [1.807, 2.05) is 41.5 Å². The first-order valence-corrected chi connectivity index (χ1v) is 22.6. The van der Waals surface area contributed by atoms with Crippen LogP contribution in [0.5, 0.6) is 0 Å². The van der Waals surface area contributed by atoms with Gasteiger partial charge in [-0.15, -0.1) is 0 Å². The van der Waals surface area contributed by atoms with E-state index in [1.54, 1.807) is 31.4 Å². The molecular weight excluding hydrogens is 835 g/mol. The largest absolute Gasteiger partial charge is 0.444 e. The molecule has 1 aliphatic rings. The second-order valence-corrected chi connectivity index (χ2v) is 17.2. The van der Waals surface area contributed by atoms with Gasteiger partial charge in [-0.3, -0.25) is 9.59 Å². The van der Waals surface area contributed by atoms with Crippen molar-refractivity contribution in [1.29, 1.82) is 0 Å². The van der Waals surface area contributed by atoms with Gasteiger partial charge in [-0.2, -0.15) is 0 Å². The fourth-order valence-electron chi connectivity index (χ4n) is 4.33. The SMILES string of the molecule is C.C.CC(C)(C)OC(=O)NCCNCCNC(=O)OC(C)(C)C.NCCN(CCN)C(=O)CCSSCCC(=O)N(CCN)CCN.O=CCCOCCOCC1OCCO1. The Balaban J connectivity index is -0.000000405. The van der Waals surface area contributed by atoms with Crippen LogP contribution in [0.2, 0.25) is 0 Å². The van der Waals surface area contributed by atoms with Crippen LogP contribution in [0.15, 0.2) is 0 Å². The van der Waals surface area contributed by atoms with Crippen molar-refractivity contribution in [3.05, 3.63) is 0 Å². The maximum Gasteiger partial charge on any atom is 0.407 e. The molecule has 0 saturated carbocycles. The molecule has 1 heterocycles. The summed E-state index contributed by atoms with van der Waals surface area (Å²) in [5.41, 5.74) is 21.0. The number of hydrogen-bond donors (Lipinski definition) is 7. The quantitative estimate of drug-likeness (QED) is 0.0318. The van der Waals surface area contributed by atoms with Crippen LogP contribution in [-0.2, 0) is 42.8 Å². The van der Waals surface area contributed by atoms with Gasteiger partial charge in [-0.1, -0.05) is 36.4 Å². The number of nitrogens with zero attached hydrogens (tertiary/aromatic N) is 2. The molecule has 364 valence electrons. The number of nitrogens with two attached hydrogens (primary N) is 4. The van der Waals surface area contributed by atoms with E-state index in [4.69, 9.17) is 51.4 Å². The van der Waals surface area contributed by atoms with Gasteiger partial charge in [0, 0.05) is 109 Å². The lowest BCUT2D eigenvalue weighted by molar-refractivity contribution is -0.131. The number of amides is 4. The summed E-state index contributed by atoms with van der Waals surface area (Å²) in [6, 6.07) is 0. The molecule has 20 nitrogen and oxygen atoms in total. The van der Waals surface area contributed by atoms with Gasteiger partial charge >= 0.3 is 12.2 Å². The third kappa shape index (κ3) is 45.3.